The summed E-state index contributed by atoms with van der Waals surface area (Å²) in [5.41, 5.74) is 0.306. The second-order valence-electron chi connectivity index (χ2n) is 7.15. The molecule has 0 radical (unpaired) electrons. The van der Waals surface area contributed by atoms with Crippen LogP contribution in [0.5, 0.6) is 0 Å². The summed E-state index contributed by atoms with van der Waals surface area (Å²) in [5.74, 6) is 1.87. The molecule has 2 heteroatoms. The van der Waals surface area contributed by atoms with Gasteiger partial charge in [-0.2, -0.15) is 0 Å². The fourth-order valence-electron chi connectivity index (χ4n) is 4.94. The van der Waals surface area contributed by atoms with E-state index < -0.39 is 0 Å². The van der Waals surface area contributed by atoms with Gasteiger partial charge in [-0.25, -0.2) is 0 Å². The average molecular weight is 265 g/mol. The summed E-state index contributed by atoms with van der Waals surface area (Å²) >= 11 is 0. The molecular weight excluding hydrogens is 234 g/mol. The quantitative estimate of drug-likeness (QED) is 0.832. The maximum absolute atomic E-state index is 6.21. The van der Waals surface area contributed by atoms with E-state index in [1.54, 1.807) is 0 Å². The fraction of sp³-hybridized carbons (Fsp3) is 1.00. The normalized spacial score (nSPS) is 38.1. The predicted molar refractivity (Wildman–Crippen MR) is 79.3 cm³/mol. The van der Waals surface area contributed by atoms with Gasteiger partial charge < -0.3 is 10.1 Å². The van der Waals surface area contributed by atoms with Gasteiger partial charge in [-0.1, -0.05) is 26.2 Å². The molecule has 0 aromatic carbocycles. The first kappa shape index (κ1) is 13.9. The third-order valence-corrected chi connectivity index (χ3v) is 5.88. The standard InChI is InChI=1S/C17H31NO/c1-2-11-18-16-7-5-6-15(16)14-8-12-19-17(13-14)9-3-4-10-17/h14-16,18H,2-13H2,1H3. The lowest BCUT2D eigenvalue weighted by atomic mass is 9.75. The zero-order valence-corrected chi connectivity index (χ0v) is 12.6. The van der Waals surface area contributed by atoms with Crippen molar-refractivity contribution in [1.82, 2.24) is 5.32 Å². The van der Waals surface area contributed by atoms with Crippen molar-refractivity contribution in [2.45, 2.75) is 82.8 Å². The van der Waals surface area contributed by atoms with E-state index in [1.807, 2.05) is 0 Å². The Morgan fingerprint density at radius 2 is 1.95 bits per heavy atom. The van der Waals surface area contributed by atoms with Crippen molar-refractivity contribution in [1.29, 1.82) is 0 Å². The van der Waals surface area contributed by atoms with Gasteiger partial charge in [-0.15, -0.1) is 0 Å². The van der Waals surface area contributed by atoms with Crippen molar-refractivity contribution in [3.05, 3.63) is 0 Å². The van der Waals surface area contributed by atoms with Crippen LogP contribution in [0.1, 0.15) is 71.1 Å². The molecule has 1 saturated heterocycles. The predicted octanol–water partition coefficient (Wildman–Crippen LogP) is 3.89. The third-order valence-electron chi connectivity index (χ3n) is 5.88. The van der Waals surface area contributed by atoms with Crippen molar-refractivity contribution in [2.24, 2.45) is 11.8 Å². The summed E-state index contributed by atoms with van der Waals surface area (Å²) in [6.45, 7) is 4.51. The molecule has 3 atom stereocenters. The van der Waals surface area contributed by atoms with Gasteiger partial charge in [0.1, 0.15) is 0 Å². The minimum absolute atomic E-state index is 0.306. The van der Waals surface area contributed by atoms with Gasteiger partial charge in [0.05, 0.1) is 5.60 Å². The summed E-state index contributed by atoms with van der Waals surface area (Å²) in [6, 6.07) is 0.807. The summed E-state index contributed by atoms with van der Waals surface area (Å²) < 4.78 is 6.21. The van der Waals surface area contributed by atoms with Crippen LogP contribution in [0.4, 0.5) is 0 Å². The van der Waals surface area contributed by atoms with Gasteiger partial charge in [-0.05, 0) is 63.3 Å². The molecule has 0 aromatic heterocycles. The Morgan fingerprint density at radius 1 is 1.11 bits per heavy atom. The van der Waals surface area contributed by atoms with Crippen molar-refractivity contribution in [3.8, 4) is 0 Å². The SMILES string of the molecule is CCCNC1CCCC1C1CCOC2(CCCC2)C1. The molecule has 2 saturated carbocycles. The second kappa shape index (κ2) is 6.13. The molecule has 1 aliphatic heterocycles. The summed E-state index contributed by atoms with van der Waals surface area (Å²) in [4.78, 5) is 0. The molecule has 3 unspecified atom stereocenters. The number of ether oxygens (including phenoxy) is 1. The molecule has 19 heavy (non-hydrogen) atoms. The second-order valence-corrected chi connectivity index (χ2v) is 7.15. The Hall–Kier alpha value is -0.0800. The van der Waals surface area contributed by atoms with Crippen molar-refractivity contribution < 1.29 is 4.74 Å². The van der Waals surface area contributed by atoms with Crippen LogP contribution in [0.25, 0.3) is 0 Å². The molecule has 1 heterocycles. The molecule has 2 aliphatic carbocycles. The van der Waals surface area contributed by atoms with Crippen molar-refractivity contribution in [3.63, 3.8) is 0 Å². The maximum atomic E-state index is 6.21. The first-order valence-electron chi connectivity index (χ1n) is 8.70. The molecule has 1 spiro atoms. The molecule has 3 aliphatic rings. The maximum Gasteiger partial charge on any atom is 0.0685 e. The van der Waals surface area contributed by atoms with E-state index in [0.717, 1.165) is 24.5 Å². The molecular formula is C17H31NO. The van der Waals surface area contributed by atoms with Crippen LogP contribution in [0.3, 0.4) is 0 Å². The van der Waals surface area contributed by atoms with Crippen LogP contribution in [0.2, 0.25) is 0 Å². The first-order chi connectivity index (χ1) is 9.33. The molecule has 3 fully saturated rings. The Labute approximate surface area is 118 Å². The third kappa shape index (κ3) is 3.00. The van der Waals surface area contributed by atoms with E-state index in [-0.39, 0.29) is 0 Å². The van der Waals surface area contributed by atoms with Crippen molar-refractivity contribution in [2.75, 3.05) is 13.2 Å². The van der Waals surface area contributed by atoms with Gasteiger partial charge in [-0.3, -0.25) is 0 Å². The smallest absolute Gasteiger partial charge is 0.0685 e. The first-order valence-corrected chi connectivity index (χ1v) is 8.70. The van der Waals surface area contributed by atoms with Crippen molar-refractivity contribution >= 4 is 0 Å². The monoisotopic (exact) mass is 265 g/mol. The summed E-state index contributed by atoms with van der Waals surface area (Å²) in [7, 11) is 0. The number of nitrogens with one attached hydrogen (secondary N) is 1. The highest BCUT2D eigenvalue weighted by molar-refractivity contribution is 4.96. The zero-order valence-electron chi connectivity index (χ0n) is 12.6. The van der Waals surface area contributed by atoms with E-state index in [2.05, 4.69) is 12.2 Å². The van der Waals surface area contributed by atoms with E-state index >= 15 is 0 Å². The summed E-state index contributed by atoms with van der Waals surface area (Å²) in [6.07, 6.45) is 13.7. The Kier molecular flexibility index (Phi) is 4.48. The largest absolute Gasteiger partial charge is 0.375 e. The number of rotatable bonds is 4. The molecule has 0 amide bonds. The van der Waals surface area contributed by atoms with Gasteiger partial charge in [0, 0.05) is 12.6 Å². The van der Waals surface area contributed by atoms with Gasteiger partial charge in [0.2, 0.25) is 0 Å². The highest BCUT2D eigenvalue weighted by Crippen LogP contribution is 2.47. The lowest BCUT2D eigenvalue weighted by molar-refractivity contribution is -0.103. The summed E-state index contributed by atoms with van der Waals surface area (Å²) in [5, 5.41) is 3.82. The van der Waals surface area contributed by atoms with Gasteiger partial charge >= 0.3 is 0 Å². The van der Waals surface area contributed by atoms with Crippen LogP contribution in [-0.2, 0) is 4.74 Å². The van der Waals surface area contributed by atoms with Crippen LogP contribution >= 0.6 is 0 Å². The van der Waals surface area contributed by atoms with Gasteiger partial charge in [0.15, 0.2) is 0 Å². The highest BCUT2D eigenvalue weighted by atomic mass is 16.5. The van der Waals surface area contributed by atoms with E-state index in [4.69, 9.17) is 4.74 Å². The highest BCUT2D eigenvalue weighted by Gasteiger charge is 2.44. The minimum Gasteiger partial charge on any atom is -0.375 e. The van der Waals surface area contributed by atoms with Crippen LogP contribution < -0.4 is 5.32 Å². The lowest BCUT2D eigenvalue weighted by Crippen LogP contribution is -2.44. The van der Waals surface area contributed by atoms with E-state index in [9.17, 15) is 0 Å². The average Bonchev–Trinajstić information content (AvgIpc) is 3.06. The fourth-order valence-corrected chi connectivity index (χ4v) is 4.94. The van der Waals surface area contributed by atoms with E-state index in [0.29, 0.717) is 5.60 Å². The molecule has 2 nitrogen and oxygen atoms in total. The van der Waals surface area contributed by atoms with E-state index in [1.165, 1.54) is 70.8 Å². The molecule has 3 rings (SSSR count). The minimum atomic E-state index is 0.306. The zero-order chi connectivity index (χ0) is 13.1. The Bertz CT molecular complexity index is 285. The van der Waals surface area contributed by atoms with Crippen LogP contribution in [-0.4, -0.2) is 24.8 Å². The number of hydrogen-bond donors (Lipinski definition) is 1. The molecule has 0 bridgehead atoms. The molecule has 0 aromatic rings. The lowest BCUT2D eigenvalue weighted by Gasteiger charge is -2.42. The Balaban J connectivity index is 1.60. The topological polar surface area (TPSA) is 21.3 Å². The van der Waals surface area contributed by atoms with Gasteiger partial charge in [0.25, 0.3) is 0 Å². The molecule has 110 valence electrons. The van der Waals surface area contributed by atoms with Crippen LogP contribution in [0, 0.1) is 11.8 Å². The number of hydrogen-bond acceptors (Lipinski definition) is 2. The van der Waals surface area contributed by atoms with Crippen LogP contribution in [0.15, 0.2) is 0 Å². The Morgan fingerprint density at radius 3 is 2.74 bits per heavy atom. The molecule has 1 N–H and O–H groups in total.